The first-order chi connectivity index (χ1) is 19.5. The molecule has 218 valence electrons. The van der Waals surface area contributed by atoms with E-state index in [1.54, 1.807) is 19.2 Å². The molecule has 1 aliphatic heterocycles. The van der Waals surface area contributed by atoms with E-state index < -0.39 is 40.8 Å². The Labute approximate surface area is 232 Å². The number of pyridine rings is 1. The van der Waals surface area contributed by atoms with E-state index in [-0.39, 0.29) is 30.0 Å². The fourth-order valence-electron chi connectivity index (χ4n) is 4.42. The van der Waals surface area contributed by atoms with Crippen molar-refractivity contribution in [2.45, 2.75) is 45.5 Å². The van der Waals surface area contributed by atoms with Gasteiger partial charge in [-0.05, 0) is 50.3 Å². The van der Waals surface area contributed by atoms with Crippen LogP contribution in [0.2, 0.25) is 0 Å². The maximum absolute atomic E-state index is 15.2. The number of carbonyl (C=O) groups excluding carboxylic acids is 1. The number of carbonyl (C=O) groups is 1. The summed E-state index contributed by atoms with van der Waals surface area (Å²) in [5.41, 5.74) is -2.03. The number of allylic oxidation sites excluding steroid dienone is 1. The number of aryl methyl sites for hydroxylation is 1. The first-order valence-electron chi connectivity index (χ1n) is 12.9. The lowest BCUT2D eigenvalue weighted by molar-refractivity contribution is -0.130. The number of rotatable bonds is 10. The Morgan fingerprint density at radius 1 is 1.24 bits per heavy atom. The molecule has 10 nitrogen and oxygen atoms in total. The van der Waals surface area contributed by atoms with Gasteiger partial charge >= 0.3 is 6.18 Å². The Kier molecular flexibility index (Phi) is 8.89. The number of anilines is 1. The normalized spacial score (nSPS) is 14.6. The maximum atomic E-state index is 15.2. The topological polar surface area (TPSA) is 123 Å². The zero-order valence-electron chi connectivity index (χ0n) is 22.6. The van der Waals surface area contributed by atoms with Crippen LogP contribution in [-0.2, 0) is 11.3 Å². The largest absolute Gasteiger partial charge is 0.491 e. The Morgan fingerprint density at radius 2 is 2.02 bits per heavy atom. The highest BCUT2D eigenvalue weighted by Gasteiger charge is 2.42. The van der Waals surface area contributed by atoms with Gasteiger partial charge in [0.15, 0.2) is 17.4 Å². The number of nitrogens with one attached hydrogen (secondary N) is 3. The molecular formula is C27H29F4N7O3. The summed E-state index contributed by atoms with van der Waals surface area (Å²) in [4.78, 5) is 37.3. The van der Waals surface area contributed by atoms with Gasteiger partial charge in [0.05, 0.1) is 30.0 Å². The number of benzene rings is 1. The molecule has 2 aromatic heterocycles. The molecule has 1 atom stereocenters. The van der Waals surface area contributed by atoms with Gasteiger partial charge in [0.2, 0.25) is 0 Å². The van der Waals surface area contributed by atoms with Crippen LogP contribution >= 0.6 is 0 Å². The minimum atomic E-state index is -4.86. The van der Waals surface area contributed by atoms with Gasteiger partial charge in [-0.25, -0.2) is 14.4 Å². The number of aromatic nitrogens is 3. The zero-order chi connectivity index (χ0) is 29.7. The van der Waals surface area contributed by atoms with Gasteiger partial charge in [0, 0.05) is 31.5 Å². The highest BCUT2D eigenvalue weighted by atomic mass is 19.4. The minimum absolute atomic E-state index is 0.125. The van der Waals surface area contributed by atoms with E-state index in [0.29, 0.717) is 36.3 Å². The summed E-state index contributed by atoms with van der Waals surface area (Å²) < 4.78 is 62.2. The monoisotopic (exact) mass is 575 g/mol. The fourth-order valence-corrected chi connectivity index (χ4v) is 4.42. The molecule has 0 fully saturated rings. The van der Waals surface area contributed by atoms with E-state index in [1.165, 1.54) is 23.9 Å². The molecular weight excluding hydrogens is 546 g/mol. The molecule has 41 heavy (non-hydrogen) atoms. The van der Waals surface area contributed by atoms with Crippen LogP contribution in [0.5, 0.6) is 5.75 Å². The van der Waals surface area contributed by atoms with Crippen molar-refractivity contribution in [2.24, 2.45) is 4.99 Å². The fraction of sp³-hybridized carbons (Fsp3) is 0.370. The van der Waals surface area contributed by atoms with E-state index in [0.717, 1.165) is 12.3 Å². The molecule has 0 unspecified atom stereocenters. The molecule has 4 rings (SSSR count). The summed E-state index contributed by atoms with van der Waals surface area (Å²) in [6.45, 7) is 4.11. The molecule has 1 aliphatic rings. The van der Waals surface area contributed by atoms with E-state index in [9.17, 15) is 22.8 Å². The summed E-state index contributed by atoms with van der Waals surface area (Å²) in [5.74, 6) is -0.958. The number of methoxy groups -OCH3 is 1. The van der Waals surface area contributed by atoms with Crippen LogP contribution in [0.25, 0.3) is 22.2 Å². The highest BCUT2D eigenvalue weighted by molar-refractivity contribution is 6.01. The number of amides is 1. The number of ether oxygens (including phenoxy) is 1. The van der Waals surface area contributed by atoms with Crippen LogP contribution in [0.15, 0.2) is 51.6 Å². The molecule has 0 radical (unpaired) electrons. The summed E-state index contributed by atoms with van der Waals surface area (Å²) in [5, 5.41) is 8.51. The third kappa shape index (κ3) is 6.64. The average Bonchev–Trinajstić information content (AvgIpc) is 3.10. The lowest BCUT2D eigenvalue weighted by Crippen LogP contribution is -2.36. The van der Waals surface area contributed by atoms with Crippen molar-refractivity contribution < 1.29 is 27.1 Å². The van der Waals surface area contributed by atoms with Gasteiger partial charge in [-0.3, -0.25) is 14.6 Å². The quantitative estimate of drug-likeness (QED) is 0.315. The number of nitrogens with zero attached hydrogens (tertiary/aromatic N) is 4. The number of halogens is 4. The number of alkyl halides is 3. The highest BCUT2D eigenvalue weighted by Crippen LogP contribution is 2.29. The second-order valence-electron chi connectivity index (χ2n) is 9.32. The second-order valence-corrected chi connectivity index (χ2v) is 9.32. The lowest BCUT2D eigenvalue weighted by Gasteiger charge is -2.19. The first kappa shape index (κ1) is 29.5. The van der Waals surface area contributed by atoms with Crippen LogP contribution < -0.4 is 26.2 Å². The Morgan fingerprint density at radius 3 is 2.73 bits per heavy atom. The van der Waals surface area contributed by atoms with E-state index >= 15 is 4.39 Å². The number of hydrogen-bond acceptors (Lipinski definition) is 8. The van der Waals surface area contributed by atoms with E-state index in [1.807, 2.05) is 6.92 Å². The van der Waals surface area contributed by atoms with Crippen molar-refractivity contribution in [1.82, 2.24) is 25.2 Å². The van der Waals surface area contributed by atoms with Crippen LogP contribution in [0.3, 0.4) is 0 Å². The van der Waals surface area contributed by atoms with Gasteiger partial charge in [0.25, 0.3) is 11.5 Å². The molecule has 0 bridgehead atoms. The molecule has 0 aliphatic carbocycles. The van der Waals surface area contributed by atoms with E-state index in [4.69, 9.17) is 4.74 Å². The average molecular weight is 576 g/mol. The Balaban J connectivity index is 1.49. The smallest absolute Gasteiger partial charge is 0.423 e. The minimum Gasteiger partial charge on any atom is -0.491 e. The van der Waals surface area contributed by atoms with Crippen molar-refractivity contribution in [3.05, 3.63) is 58.0 Å². The van der Waals surface area contributed by atoms with Gasteiger partial charge < -0.3 is 25.3 Å². The molecule has 3 N–H and O–H groups in total. The van der Waals surface area contributed by atoms with E-state index in [2.05, 4.69) is 30.9 Å². The van der Waals surface area contributed by atoms with Gasteiger partial charge in [-0.2, -0.15) is 13.2 Å². The molecule has 0 saturated heterocycles. The lowest BCUT2D eigenvalue weighted by atomic mass is 10.1. The van der Waals surface area contributed by atoms with Crippen molar-refractivity contribution in [3.63, 3.8) is 0 Å². The summed E-state index contributed by atoms with van der Waals surface area (Å²) in [7, 11) is 1.48. The second kappa shape index (κ2) is 12.4. The summed E-state index contributed by atoms with van der Waals surface area (Å²) in [6.07, 6.45) is -0.0440. The van der Waals surface area contributed by atoms with Crippen LogP contribution in [0, 0.1) is 5.82 Å². The third-order valence-electron chi connectivity index (χ3n) is 6.39. The zero-order valence-corrected chi connectivity index (χ0v) is 22.6. The molecule has 14 heteroatoms. The molecule has 1 aromatic carbocycles. The number of hydrogen-bond donors (Lipinski definition) is 3. The van der Waals surface area contributed by atoms with Crippen molar-refractivity contribution in [1.29, 1.82) is 0 Å². The van der Waals surface area contributed by atoms with Gasteiger partial charge in [-0.15, -0.1) is 0 Å². The molecule has 1 amide bonds. The van der Waals surface area contributed by atoms with Crippen molar-refractivity contribution >= 4 is 28.7 Å². The standard InChI is InChI=1S/C27H29F4N7O3/c1-4-33-24-21(41-3)13-34-23(37-24)18-10-16-7-9-38(26(40)17(16)11-19(18)28)8-5-6-15(2)36-20-12-32-14-35-25(39)22(20)27(29,30)31/h7,9-13,15,36H,4-6,8,14H2,1-3H3,(H,35,39)(H,33,34,37)/t15-/m0/s1. The van der Waals surface area contributed by atoms with Gasteiger partial charge in [-0.1, -0.05) is 0 Å². The third-order valence-corrected chi connectivity index (χ3v) is 6.39. The SMILES string of the molecule is CCNc1nc(-c2cc3ccn(CCC[C@H](C)NC4=C(C(F)(F)F)C(=O)NCN=C4)c(=O)c3cc2F)ncc1OC. The molecule has 0 saturated carbocycles. The predicted molar refractivity (Wildman–Crippen MR) is 146 cm³/mol. The van der Waals surface area contributed by atoms with Gasteiger partial charge in [0.1, 0.15) is 18.1 Å². The number of aliphatic imine (C=N–C) groups is 1. The van der Waals surface area contributed by atoms with Crippen LogP contribution in [0.4, 0.5) is 23.4 Å². The molecule has 0 spiro atoms. The van der Waals surface area contributed by atoms with Crippen LogP contribution in [-0.4, -0.2) is 59.2 Å². The molecule has 3 aromatic rings. The van der Waals surface area contributed by atoms with Crippen molar-refractivity contribution in [2.75, 3.05) is 25.6 Å². The Hall–Kier alpha value is -4.49. The van der Waals surface area contributed by atoms with Crippen LogP contribution in [0.1, 0.15) is 26.7 Å². The van der Waals surface area contributed by atoms with Crippen molar-refractivity contribution in [3.8, 4) is 17.1 Å². The Bertz CT molecular complexity index is 1570. The summed E-state index contributed by atoms with van der Waals surface area (Å²) >= 11 is 0. The maximum Gasteiger partial charge on any atom is 0.423 e. The number of fused-ring (bicyclic) bond motifs is 1. The summed E-state index contributed by atoms with van der Waals surface area (Å²) in [6, 6.07) is 3.87. The predicted octanol–water partition coefficient (Wildman–Crippen LogP) is 3.77. The first-order valence-corrected chi connectivity index (χ1v) is 12.9. The molecule has 3 heterocycles.